The van der Waals surface area contributed by atoms with Gasteiger partial charge in [-0.3, -0.25) is 5.32 Å². The van der Waals surface area contributed by atoms with Gasteiger partial charge in [0.2, 0.25) is 0 Å². The molecule has 0 fully saturated rings. The highest BCUT2D eigenvalue weighted by Gasteiger charge is 2.12. The summed E-state index contributed by atoms with van der Waals surface area (Å²) in [4.78, 5) is 11.6. The SMILES string of the molecule is C[n+]1[nH]ccc1NC(=O)Nc1ccccc1. The molecule has 0 saturated carbocycles. The van der Waals surface area contributed by atoms with Crippen LogP contribution in [0.25, 0.3) is 0 Å². The number of para-hydroxylation sites is 1. The van der Waals surface area contributed by atoms with Crippen LogP contribution in [-0.2, 0) is 7.05 Å². The number of H-pyrrole nitrogens is 1. The van der Waals surface area contributed by atoms with E-state index >= 15 is 0 Å². The topological polar surface area (TPSA) is 60.8 Å². The Morgan fingerprint density at radius 1 is 1.19 bits per heavy atom. The van der Waals surface area contributed by atoms with Crippen LogP contribution in [0.3, 0.4) is 0 Å². The Balaban J connectivity index is 1.98. The van der Waals surface area contributed by atoms with Gasteiger partial charge in [-0.1, -0.05) is 18.2 Å². The summed E-state index contributed by atoms with van der Waals surface area (Å²) in [6.45, 7) is 0. The Morgan fingerprint density at radius 2 is 1.94 bits per heavy atom. The molecule has 1 aromatic heterocycles. The second-order valence-electron chi connectivity index (χ2n) is 3.35. The molecule has 0 atom stereocenters. The lowest BCUT2D eigenvalue weighted by Crippen LogP contribution is -2.35. The molecule has 0 saturated heterocycles. The highest BCUT2D eigenvalue weighted by atomic mass is 16.2. The molecule has 5 heteroatoms. The standard InChI is InChI=1S/C11H12N4O/c1-15-10(7-8-12-15)14-11(16)13-9-5-3-2-4-6-9/h2-8H,1H3,(H2,12,13,14,16)/p+1. The van der Waals surface area contributed by atoms with Gasteiger partial charge in [0.25, 0.3) is 0 Å². The molecule has 0 aliphatic carbocycles. The monoisotopic (exact) mass is 217 g/mol. The number of carbonyl (C=O) groups excluding carboxylic acids is 1. The zero-order chi connectivity index (χ0) is 11.4. The molecule has 1 heterocycles. The summed E-state index contributed by atoms with van der Waals surface area (Å²) < 4.78 is 1.71. The van der Waals surface area contributed by atoms with Crippen molar-refractivity contribution in [3.63, 3.8) is 0 Å². The smallest absolute Gasteiger partial charge is 0.288 e. The lowest BCUT2D eigenvalue weighted by Gasteiger charge is -2.01. The van der Waals surface area contributed by atoms with E-state index in [1.165, 1.54) is 0 Å². The van der Waals surface area contributed by atoms with Crippen molar-refractivity contribution in [3.8, 4) is 0 Å². The molecule has 0 bridgehead atoms. The molecule has 5 nitrogen and oxygen atoms in total. The van der Waals surface area contributed by atoms with Crippen LogP contribution in [0.1, 0.15) is 0 Å². The number of aromatic amines is 1. The Hall–Kier alpha value is -2.30. The second-order valence-corrected chi connectivity index (χ2v) is 3.35. The first kappa shape index (κ1) is 10.2. The van der Waals surface area contributed by atoms with Crippen molar-refractivity contribution < 1.29 is 9.48 Å². The van der Waals surface area contributed by atoms with Crippen LogP contribution < -0.4 is 15.3 Å². The molecular formula is C11H13N4O+. The van der Waals surface area contributed by atoms with E-state index in [9.17, 15) is 4.79 Å². The van der Waals surface area contributed by atoms with E-state index in [-0.39, 0.29) is 6.03 Å². The van der Waals surface area contributed by atoms with Crippen molar-refractivity contribution >= 4 is 17.5 Å². The molecule has 0 aliphatic heterocycles. The van der Waals surface area contributed by atoms with E-state index in [1.54, 1.807) is 16.9 Å². The Morgan fingerprint density at radius 3 is 2.56 bits per heavy atom. The number of nitrogens with one attached hydrogen (secondary N) is 3. The summed E-state index contributed by atoms with van der Waals surface area (Å²) in [6, 6.07) is 10.8. The van der Waals surface area contributed by atoms with E-state index < -0.39 is 0 Å². The first-order chi connectivity index (χ1) is 7.75. The molecule has 0 spiro atoms. The van der Waals surface area contributed by atoms with E-state index in [0.29, 0.717) is 5.82 Å². The summed E-state index contributed by atoms with van der Waals surface area (Å²) in [7, 11) is 1.82. The van der Waals surface area contributed by atoms with Gasteiger partial charge in [-0.2, -0.15) is 10.00 Å². The van der Waals surface area contributed by atoms with E-state index in [2.05, 4.69) is 15.7 Å². The van der Waals surface area contributed by atoms with Gasteiger partial charge >= 0.3 is 11.8 Å². The zero-order valence-electron chi connectivity index (χ0n) is 8.90. The first-order valence-corrected chi connectivity index (χ1v) is 4.92. The number of benzene rings is 1. The normalized spacial score (nSPS) is 9.81. The van der Waals surface area contributed by atoms with Crippen LogP contribution in [0.4, 0.5) is 16.3 Å². The van der Waals surface area contributed by atoms with Crippen molar-refractivity contribution in [1.29, 1.82) is 0 Å². The maximum Gasteiger partial charge on any atom is 0.411 e. The van der Waals surface area contributed by atoms with Gasteiger partial charge in [-0.25, -0.2) is 9.89 Å². The van der Waals surface area contributed by atoms with Gasteiger partial charge in [0, 0.05) is 18.0 Å². The van der Waals surface area contributed by atoms with Gasteiger partial charge in [0.1, 0.15) is 7.05 Å². The van der Waals surface area contributed by atoms with Gasteiger partial charge in [0.05, 0.1) is 0 Å². The largest absolute Gasteiger partial charge is 0.411 e. The van der Waals surface area contributed by atoms with E-state index in [4.69, 9.17) is 0 Å². The molecule has 0 radical (unpaired) electrons. The number of carbonyl (C=O) groups is 1. The Kier molecular flexibility index (Phi) is 2.86. The maximum atomic E-state index is 11.6. The zero-order valence-corrected chi connectivity index (χ0v) is 8.90. The third-order valence-electron chi connectivity index (χ3n) is 2.14. The number of aromatic nitrogens is 2. The summed E-state index contributed by atoms with van der Waals surface area (Å²) in [6.07, 6.45) is 1.75. The molecule has 2 aromatic rings. The van der Waals surface area contributed by atoms with Gasteiger partial charge in [-0.05, 0) is 12.1 Å². The molecule has 16 heavy (non-hydrogen) atoms. The fraction of sp³-hybridized carbons (Fsp3) is 0.0909. The van der Waals surface area contributed by atoms with Crippen molar-refractivity contribution in [2.45, 2.75) is 0 Å². The summed E-state index contributed by atoms with van der Waals surface area (Å²) in [5.41, 5.74) is 0.762. The highest BCUT2D eigenvalue weighted by molar-refractivity contribution is 5.98. The predicted octanol–water partition coefficient (Wildman–Crippen LogP) is 1.48. The van der Waals surface area contributed by atoms with Crippen LogP contribution in [0.5, 0.6) is 0 Å². The minimum Gasteiger partial charge on any atom is -0.288 e. The number of hydrogen-bond donors (Lipinski definition) is 3. The van der Waals surface area contributed by atoms with E-state index in [1.807, 2.05) is 37.4 Å². The fourth-order valence-corrected chi connectivity index (χ4v) is 1.34. The van der Waals surface area contributed by atoms with Crippen LogP contribution in [0, 0.1) is 0 Å². The molecule has 82 valence electrons. The van der Waals surface area contributed by atoms with Crippen LogP contribution >= 0.6 is 0 Å². The van der Waals surface area contributed by atoms with Crippen molar-refractivity contribution in [2.24, 2.45) is 7.05 Å². The first-order valence-electron chi connectivity index (χ1n) is 4.92. The second kappa shape index (κ2) is 4.48. The van der Waals surface area contributed by atoms with Crippen molar-refractivity contribution in [3.05, 3.63) is 42.6 Å². The molecule has 0 aliphatic rings. The summed E-state index contributed by atoms with van der Waals surface area (Å²) >= 11 is 0. The number of nitrogens with zero attached hydrogens (tertiary/aromatic N) is 1. The van der Waals surface area contributed by atoms with Crippen molar-refractivity contribution in [2.75, 3.05) is 10.6 Å². The molecule has 2 rings (SSSR count). The van der Waals surface area contributed by atoms with Crippen LogP contribution in [0.2, 0.25) is 0 Å². The molecule has 3 N–H and O–H groups in total. The number of hydrogen-bond acceptors (Lipinski definition) is 1. The minimum absolute atomic E-state index is 0.263. The van der Waals surface area contributed by atoms with Gasteiger partial charge in [0.15, 0.2) is 0 Å². The predicted molar refractivity (Wildman–Crippen MR) is 61.1 cm³/mol. The summed E-state index contributed by atoms with van der Waals surface area (Å²) in [5, 5.41) is 8.36. The number of amides is 2. The lowest BCUT2D eigenvalue weighted by molar-refractivity contribution is -0.713. The average Bonchev–Trinajstić information content (AvgIpc) is 2.66. The molecule has 2 amide bonds. The van der Waals surface area contributed by atoms with Gasteiger partial charge in [-0.15, -0.1) is 0 Å². The molecule has 1 aromatic carbocycles. The highest BCUT2D eigenvalue weighted by Crippen LogP contribution is 2.05. The number of urea groups is 1. The van der Waals surface area contributed by atoms with E-state index in [0.717, 1.165) is 5.69 Å². The summed E-state index contributed by atoms with van der Waals surface area (Å²) in [5.74, 6) is 0.702. The Labute approximate surface area is 93.1 Å². The number of aryl methyl sites for hydroxylation is 1. The third kappa shape index (κ3) is 2.38. The Bertz CT molecular complexity index is 478. The maximum absolute atomic E-state index is 11.6. The fourth-order valence-electron chi connectivity index (χ4n) is 1.34. The minimum atomic E-state index is -0.263. The number of anilines is 2. The lowest BCUT2D eigenvalue weighted by atomic mass is 10.3. The number of rotatable bonds is 2. The average molecular weight is 217 g/mol. The molecular weight excluding hydrogens is 204 g/mol. The third-order valence-corrected chi connectivity index (χ3v) is 2.14. The van der Waals surface area contributed by atoms with Crippen LogP contribution in [0.15, 0.2) is 42.6 Å². The molecule has 0 unspecified atom stereocenters. The quantitative estimate of drug-likeness (QED) is 0.656. The van der Waals surface area contributed by atoms with Gasteiger partial charge < -0.3 is 0 Å². The van der Waals surface area contributed by atoms with Crippen LogP contribution in [-0.4, -0.2) is 11.1 Å². The van der Waals surface area contributed by atoms with Crippen molar-refractivity contribution in [1.82, 2.24) is 5.10 Å².